The zero-order valence-electron chi connectivity index (χ0n) is 18.7. The van der Waals surface area contributed by atoms with Gasteiger partial charge in [0, 0.05) is 19.8 Å². The molecule has 0 aromatic carbocycles. The van der Waals surface area contributed by atoms with Crippen molar-refractivity contribution >= 4 is 35.5 Å². The van der Waals surface area contributed by atoms with E-state index in [0.29, 0.717) is 6.42 Å². The van der Waals surface area contributed by atoms with Crippen molar-refractivity contribution in [2.24, 2.45) is 5.92 Å². The molecule has 1 rings (SSSR count). The molecule has 1 aliphatic heterocycles. The molecule has 0 aromatic rings. The van der Waals surface area contributed by atoms with Crippen LogP contribution in [0.1, 0.15) is 48.0 Å². The fraction of sp³-hybridized carbons (Fsp3) is 0.800. The van der Waals surface area contributed by atoms with Crippen LogP contribution in [-0.2, 0) is 47.6 Å². The lowest BCUT2D eigenvalue weighted by Gasteiger charge is -2.44. The summed E-state index contributed by atoms with van der Waals surface area (Å²) in [6, 6.07) is 0. The van der Waals surface area contributed by atoms with E-state index in [1.54, 1.807) is 20.8 Å². The van der Waals surface area contributed by atoms with Gasteiger partial charge in [-0.2, -0.15) is 0 Å². The fourth-order valence-corrected chi connectivity index (χ4v) is 3.38. The Morgan fingerprint density at radius 3 is 1.81 bits per heavy atom. The lowest BCUT2D eigenvalue weighted by atomic mass is 9.89. The van der Waals surface area contributed by atoms with Gasteiger partial charge >= 0.3 is 23.9 Å². The highest BCUT2D eigenvalue weighted by Crippen LogP contribution is 2.33. The highest BCUT2D eigenvalue weighted by atomic mass is 35.5. The van der Waals surface area contributed by atoms with E-state index < -0.39 is 60.0 Å². The van der Waals surface area contributed by atoms with E-state index in [4.69, 9.17) is 40.0 Å². The standard InChI is InChI=1S/C20H31ClO10/c1-7-14-11(4)15(29-12(5)22)16(30-13(6)23)17(31-14)28-10-20(21,18(24)26-8-2)19(25)27-9-3/h11,14-17H,7-10H2,1-6H3/t11-,14-,15+,16-,17?/m1/s1. The average molecular weight is 467 g/mol. The molecule has 11 heteroatoms. The molecule has 31 heavy (non-hydrogen) atoms. The van der Waals surface area contributed by atoms with E-state index in [9.17, 15) is 19.2 Å². The van der Waals surface area contributed by atoms with Gasteiger partial charge in [-0.3, -0.25) is 9.59 Å². The first kappa shape index (κ1) is 27.1. The Hall–Kier alpha value is -1.91. The molecule has 0 bridgehead atoms. The summed E-state index contributed by atoms with van der Waals surface area (Å²) in [7, 11) is 0. The maximum absolute atomic E-state index is 12.4. The number of carbonyl (C=O) groups excluding carboxylic acids is 4. The minimum absolute atomic E-state index is 0.0212. The SMILES string of the molecule is CCOC(=O)C(Cl)(COC1O[C@H](CC)[C@@H](C)[C@H](OC(C)=O)[C@H]1OC(C)=O)C(=O)OCC. The number of ether oxygens (including phenoxy) is 6. The van der Waals surface area contributed by atoms with Crippen molar-refractivity contribution in [3.63, 3.8) is 0 Å². The highest BCUT2D eigenvalue weighted by Gasteiger charge is 2.52. The maximum atomic E-state index is 12.4. The first-order valence-electron chi connectivity index (χ1n) is 10.2. The highest BCUT2D eigenvalue weighted by molar-refractivity contribution is 6.44. The largest absolute Gasteiger partial charge is 0.464 e. The minimum Gasteiger partial charge on any atom is -0.464 e. The maximum Gasteiger partial charge on any atom is 0.341 e. The van der Waals surface area contributed by atoms with Gasteiger partial charge in [0.05, 0.1) is 25.9 Å². The van der Waals surface area contributed by atoms with Crippen LogP contribution in [0.2, 0.25) is 0 Å². The predicted molar refractivity (Wildman–Crippen MR) is 107 cm³/mol. The normalized spacial score (nSPS) is 26.0. The summed E-state index contributed by atoms with van der Waals surface area (Å²) >= 11 is 6.27. The Kier molecular flexibility index (Phi) is 10.7. The van der Waals surface area contributed by atoms with Gasteiger partial charge in [0.2, 0.25) is 0 Å². The van der Waals surface area contributed by atoms with E-state index >= 15 is 0 Å². The Morgan fingerprint density at radius 2 is 1.39 bits per heavy atom. The molecule has 1 saturated heterocycles. The lowest BCUT2D eigenvalue weighted by molar-refractivity contribution is -0.291. The molecule has 1 unspecified atom stereocenters. The molecule has 10 nitrogen and oxygen atoms in total. The third-order valence-corrected chi connectivity index (χ3v) is 5.07. The second-order valence-corrected chi connectivity index (χ2v) is 7.66. The Bertz CT molecular complexity index is 634. The van der Waals surface area contributed by atoms with Gasteiger partial charge < -0.3 is 28.4 Å². The lowest BCUT2D eigenvalue weighted by Crippen LogP contribution is -2.58. The van der Waals surface area contributed by atoms with Gasteiger partial charge in [-0.15, -0.1) is 0 Å². The van der Waals surface area contributed by atoms with Crippen molar-refractivity contribution in [3.05, 3.63) is 0 Å². The third kappa shape index (κ3) is 7.05. The minimum atomic E-state index is -2.29. The molecule has 178 valence electrons. The van der Waals surface area contributed by atoms with E-state index in [1.807, 2.05) is 6.92 Å². The molecule has 0 radical (unpaired) electrons. The van der Waals surface area contributed by atoms with Gasteiger partial charge in [-0.05, 0) is 20.3 Å². The average Bonchev–Trinajstić information content (AvgIpc) is 2.69. The quantitative estimate of drug-likeness (QED) is 0.203. The first-order valence-corrected chi connectivity index (χ1v) is 10.5. The second-order valence-electron chi connectivity index (χ2n) is 7.01. The number of halogens is 1. The summed E-state index contributed by atoms with van der Waals surface area (Å²) in [5.74, 6) is -3.66. The molecule has 0 aromatic heterocycles. The monoisotopic (exact) mass is 466 g/mol. The number of hydrogen-bond acceptors (Lipinski definition) is 10. The molecular weight excluding hydrogens is 436 g/mol. The van der Waals surface area contributed by atoms with Crippen LogP contribution in [0.3, 0.4) is 0 Å². The van der Waals surface area contributed by atoms with Crippen LogP contribution in [0.25, 0.3) is 0 Å². The zero-order chi connectivity index (χ0) is 23.8. The molecule has 0 aliphatic carbocycles. The van der Waals surface area contributed by atoms with E-state index in [1.165, 1.54) is 13.8 Å². The molecule has 0 spiro atoms. The molecule has 1 aliphatic rings. The zero-order valence-corrected chi connectivity index (χ0v) is 19.4. The van der Waals surface area contributed by atoms with Crippen LogP contribution >= 0.6 is 11.6 Å². The van der Waals surface area contributed by atoms with E-state index in [0.717, 1.165) is 0 Å². The molecule has 1 fully saturated rings. The molecule has 1 heterocycles. The summed E-state index contributed by atoms with van der Waals surface area (Å²) < 4.78 is 32.1. The predicted octanol–water partition coefficient (Wildman–Crippen LogP) is 1.74. The Balaban J connectivity index is 3.20. The Morgan fingerprint density at radius 1 is 0.903 bits per heavy atom. The molecular formula is C20H31ClO10. The second kappa shape index (κ2) is 12.2. The van der Waals surface area contributed by atoms with Crippen LogP contribution in [0, 0.1) is 5.92 Å². The molecule has 0 amide bonds. The first-order chi connectivity index (χ1) is 14.5. The van der Waals surface area contributed by atoms with Crippen molar-refractivity contribution in [2.45, 2.75) is 77.4 Å². The van der Waals surface area contributed by atoms with Gasteiger partial charge in [0.1, 0.15) is 6.10 Å². The van der Waals surface area contributed by atoms with Crippen LogP contribution in [0.15, 0.2) is 0 Å². The van der Waals surface area contributed by atoms with Crippen LogP contribution in [0.4, 0.5) is 0 Å². The number of rotatable bonds is 10. The van der Waals surface area contributed by atoms with Crippen molar-refractivity contribution in [1.82, 2.24) is 0 Å². The summed E-state index contributed by atoms with van der Waals surface area (Å²) in [4.78, 5) is 45.8. The van der Waals surface area contributed by atoms with E-state index in [-0.39, 0.29) is 19.1 Å². The fourth-order valence-electron chi connectivity index (χ4n) is 3.21. The van der Waals surface area contributed by atoms with Crippen LogP contribution < -0.4 is 0 Å². The number of esters is 4. The van der Waals surface area contributed by atoms with Gasteiger partial charge in [0.25, 0.3) is 4.87 Å². The summed E-state index contributed by atoms with van der Waals surface area (Å²) in [5.41, 5.74) is 0. The summed E-state index contributed by atoms with van der Waals surface area (Å²) in [6.45, 7) is 8.44. The van der Waals surface area contributed by atoms with Gasteiger partial charge in [-0.25, -0.2) is 9.59 Å². The number of alkyl halides is 1. The smallest absolute Gasteiger partial charge is 0.341 e. The number of hydrogen-bond donors (Lipinski definition) is 0. The van der Waals surface area contributed by atoms with Crippen molar-refractivity contribution in [1.29, 1.82) is 0 Å². The summed E-state index contributed by atoms with van der Waals surface area (Å²) in [5, 5.41) is 0. The van der Waals surface area contributed by atoms with Crippen molar-refractivity contribution < 1.29 is 47.6 Å². The van der Waals surface area contributed by atoms with Gasteiger partial charge in [0.15, 0.2) is 12.4 Å². The Labute approximate surface area is 186 Å². The van der Waals surface area contributed by atoms with Crippen LogP contribution in [0.5, 0.6) is 0 Å². The molecule has 0 saturated carbocycles. The number of carbonyl (C=O) groups is 4. The molecule has 0 N–H and O–H groups in total. The third-order valence-electron chi connectivity index (χ3n) is 4.66. The molecule has 5 atom stereocenters. The van der Waals surface area contributed by atoms with Gasteiger partial charge in [-0.1, -0.05) is 25.4 Å². The summed E-state index contributed by atoms with van der Waals surface area (Å²) in [6.07, 6.45) is -3.18. The van der Waals surface area contributed by atoms with E-state index in [2.05, 4.69) is 0 Å². The topological polar surface area (TPSA) is 124 Å². The van der Waals surface area contributed by atoms with Crippen molar-refractivity contribution in [3.8, 4) is 0 Å². The van der Waals surface area contributed by atoms with Crippen LogP contribution in [-0.4, -0.2) is 73.2 Å². The van der Waals surface area contributed by atoms with Crippen molar-refractivity contribution in [2.75, 3.05) is 19.8 Å².